The van der Waals surface area contributed by atoms with Crippen molar-refractivity contribution < 1.29 is 23.8 Å². The summed E-state index contributed by atoms with van der Waals surface area (Å²) in [6, 6.07) is 6.19. The first-order valence-electron chi connectivity index (χ1n) is 7.97. The highest BCUT2D eigenvalue weighted by Gasteiger charge is 2.10. The van der Waals surface area contributed by atoms with Crippen molar-refractivity contribution in [1.82, 2.24) is 10.2 Å². The third kappa shape index (κ3) is 6.43. The molecular weight excluding hydrogens is 314 g/mol. The first-order valence-corrected chi connectivity index (χ1v) is 7.97. The van der Waals surface area contributed by atoms with Gasteiger partial charge in [0.15, 0.2) is 0 Å². The molecule has 2 rings (SSSR count). The molecule has 8 heteroatoms. The molecular formula is C16H23N3O5. The van der Waals surface area contributed by atoms with Gasteiger partial charge in [-0.05, 0) is 31.2 Å². The van der Waals surface area contributed by atoms with Crippen LogP contribution in [0.5, 0.6) is 5.75 Å². The van der Waals surface area contributed by atoms with Gasteiger partial charge in [0.25, 0.3) is 0 Å². The largest absolute Gasteiger partial charge is 0.513 e. The van der Waals surface area contributed by atoms with E-state index in [2.05, 4.69) is 20.3 Å². The van der Waals surface area contributed by atoms with Crippen molar-refractivity contribution in [2.24, 2.45) is 0 Å². The molecule has 1 heterocycles. The molecule has 2 N–H and O–H groups in total. The Kier molecular flexibility index (Phi) is 7.31. The normalized spacial score (nSPS) is 14.7. The van der Waals surface area contributed by atoms with Gasteiger partial charge in [-0.15, -0.1) is 0 Å². The van der Waals surface area contributed by atoms with Gasteiger partial charge in [0.1, 0.15) is 5.75 Å². The molecule has 1 aliphatic rings. The van der Waals surface area contributed by atoms with Crippen LogP contribution in [0.15, 0.2) is 24.3 Å². The average Bonchev–Trinajstić information content (AvgIpc) is 2.58. The summed E-state index contributed by atoms with van der Waals surface area (Å²) in [6.45, 7) is 6.59. The summed E-state index contributed by atoms with van der Waals surface area (Å²) in [5.74, 6) is 0.353. The SMILES string of the molecule is CCOC(=O)Oc1ccc(NC(=O)NCCN2CCOCC2)cc1. The second kappa shape index (κ2) is 9.74. The molecule has 0 bridgehead atoms. The maximum absolute atomic E-state index is 11.8. The van der Waals surface area contributed by atoms with Gasteiger partial charge in [-0.25, -0.2) is 9.59 Å². The summed E-state index contributed by atoms with van der Waals surface area (Å²) in [5, 5.41) is 5.52. The minimum absolute atomic E-state index is 0.253. The Morgan fingerprint density at radius 1 is 1.21 bits per heavy atom. The summed E-state index contributed by atoms with van der Waals surface area (Å²) in [7, 11) is 0. The van der Waals surface area contributed by atoms with Crippen molar-refractivity contribution in [3.05, 3.63) is 24.3 Å². The van der Waals surface area contributed by atoms with Crippen LogP contribution in [0.25, 0.3) is 0 Å². The molecule has 0 spiro atoms. The highest BCUT2D eigenvalue weighted by Crippen LogP contribution is 2.16. The first kappa shape index (κ1) is 18.0. The third-order valence-corrected chi connectivity index (χ3v) is 3.39. The summed E-state index contributed by atoms with van der Waals surface area (Å²) in [6.07, 6.45) is -0.751. The van der Waals surface area contributed by atoms with E-state index in [1.807, 2.05) is 0 Å². The number of benzene rings is 1. The fourth-order valence-electron chi connectivity index (χ4n) is 2.18. The number of rotatable bonds is 6. The third-order valence-electron chi connectivity index (χ3n) is 3.39. The van der Waals surface area contributed by atoms with E-state index in [-0.39, 0.29) is 12.6 Å². The van der Waals surface area contributed by atoms with Gasteiger partial charge in [-0.1, -0.05) is 0 Å². The highest BCUT2D eigenvalue weighted by molar-refractivity contribution is 5.89. The van der Waals surface area contributed by atoms with Gasteiger partial charge >= 0.3 is 12.2 Å². The Morgan fingerprint density at radius 2 is 1.92 bits per heavy atom. The molecule has 1 aromatic carbocycles. The van der Waals surface area contributed by atoms with Crippen molar-refractivity contribution in [2.45, 2.75) is 6.92 Å². The van der Waals surface area contributed by atoms with Crippen molar-refractivity contribution >= 4 is 17.9 Å². The summed E-state index contributed by atoms with van der Waals surface area (Å²) < 4.78 is 14.9. The van der Waals surface area contributed by atoms with Gasteiger partial charge < -0.3 is 24.8 Å². The van der Waals surface area contributed by atoms with Crippen LogP contribution < -0.4 is 15.4 Å². The lowest BCUT2D eigenvalue weighted by Gasteiger charge is -2.26. The number of ether oxygens (including phenoxy) is 3. The first-order chi connectivity index (χ1) is 11.7. The average molecular weight is 337 g/mol. The van der Waals surface area contributed by atoms with Gasteiger partial charge in [0.05, 0.1) is 19.8 Å². The molecule has 0 radical (unpaired) electrons. The Labute approximate surface area is 141 Å². The Balaban J connectivity index is 1.68. The maximum atomic E-state index is 11.8. The molecule has 0 aliphatic carbocycles. The van der Waals surface area contributed by atoms with Crippen molar-refractivity contribution in [2.75, 3.05) is 51.3 Å². The zero-order chi connectivity index (χ0) is 17.2. The molecule has 1 saturated heterocycles. The smallest absolute Gasteiger partial charge is 0.434 e. The quantitative estimate of drug-likeness (QED) is 0.606. The Hall–Kier alpha value is -2.32. The summed E-state index contributed by atoms with van der Waals surface area (Å²) >= 11 is 0. The minimum atomic E-state index is -0.751. The van der Waals surface area contributed by atoms with E-state index in [1.165, 1.54) is 0 Å². The Morgan fingerprint density at radius 3 is 2.58 bits per heavy atom. The zero-order valence-electron chi connectivity index (χ0n) is 13.7. The van der Waals surface area contributed by atoms with Crippen LogP contribution in [-0.4, -0.2) is 63.1 Å². The molecule has 1 aromatic rings. The number of hydrogen-bond acceptors (Lipinski definition) is 6. The zero-order valence-corrected chi connectivity index (χ0v) is 13.7. The van der Waals surface area contributed by atoms with Crippen LogP contribution in [0.3, 0.4) is 0 Å². The summed E-state index contributed by atoms with van der Waals surface area (Å²) in [4.78, 5) is 25.3. The number of carbonyl (C=O) groups is 2. The molecule has 2 amide bonds. The summed E-state index contributed by atoms with van der Waals surface area (Å²) in [5.41, 5.74) is 0.607. The monoisotopic (exact) mass is 337 g/mol. The number of anilines is 1. The molecule has 0 atom stereocenters. The van der Waals surface area contributed by atoms with E-state index in [1.54, 1.807) is 31.2 Å². The molecule has 1 aliphatic heterocycles. The molecule has 0 saturated carbocycles. The van der Waals surface area contributed by atoms with Crippen LogP contribution >= 0.6 is 0 Å². The van der Waals surface area contributed by atoms with Gasteiger partial charge in [0.2, 0.25) is 0 Å². The second-order valence-corrected chi connectivity index (χ2v) is 5.14. The van der Waals surface area contributed by atoms with Crippen LogP contribution in [-0.2, 0) is 9.47 Å². The predicted octanol–water partition coefficient (Wildman–Crippen LogP) is 1.68. The van der Waals surface area contributed by atoms with Crippen LogP contribution in [0.4, 0.5) is 15.3 Å². The number of urea groups is 1. The predicted molar refractivity (Wildman–Crippen MR) is 88.4 cm³/mol. The molecule has 132 valence electrons. The maximum Gasteiger partial charge on any atom is 0.513 e. The lowest BCUT2D eigenvalue weighted by Crippen LogP contribution is -2.42. The standard InChI is InChI=1S/C16H23N3O5/c1-2-23-16(21)24-14-5-3-13(4-6-14)18-15(20)17-7-8-19-9-11-22-12-10-19/h3-6H,2,7-12H2,1H3,(H2,17,18,20). The molecule has 0 unspecified atom stereocenters. The number of hydrogen-bond donors (Lipinski definition) is 2. The lowest BCUT2D eigenvalue weighted by molar-refractivity contribution is 0.0388. The van der Waals surface area contributed by atoms with E-state index in [4.69, 9.17) is 9.47 Å². The van der Waals surface area contributed by atoms with Crippen LogP contribution in [0, 0.1) is 0 Å². The topological polar surface area (TPSA) is 89.1 Å². The van der Waals surface area contributed by atoms with Crippen molar-refractivity contribution in [3.63, 3.8) is 0 Å². The van der Waals surface area contributed by atoms with E-state index in [0.29, 0.717) is 18.0 Å². The van der Waals surface area contributed by atoms with E-state index >= 15 is 0 Å². The molecule has 1 fully saturated rings. The second-order valence-electron chi connectivity index (χ2n) is 5.14. The molecule has 24 heavy (non-hydrogen) atoms. The van der Waals surface area contributed by atoms with E-state index in [0.717, 1.165) is 32.8 Å². The van der Waals surface area contributed by atoms with Crippen molar-refractivity contribution in [1.29, 1.82) is 0 Å². The number of morpholine rings is 1. The number of nitrogens with zero attached hydrogens (tertiary/aromatic N) is 1. The lowest BCUT2D eigenvalue weighted by atomic mass is 10.3. The highest BCUT2D eigenvalue weighted by atomic mass is 16.7. The fraction of sp³-hybridized carbons (Fsp3) is 0.500. The van der Waals surface area contributed by atoms with Crippen LogP contribution in [0.1, 0.15) is 6.92 Å². The van der Waals surface area contributed by atoms with Gasteiger partial charge in [0, 0.05) is 31.9 Å². The molecule has 0 aromatic heterocycles. The Bertz CT molecular complexity index is 529. The van der Waals surface area contributed by atoms with Crippen molar-refractivity contribution in [3.8, 4) is 5.75 Å². The van der Waals surface area contributed by atoms with Gasteiger partial charge in [-0.2, -0.15) is 0 Å². The van der Waals surface area contributed by atoms with E-state index < -0.39 is 6.16 Å². The fourth-order valence-corrected chi connectivity index (χ4v) is 2.18. The molecule has 8 nitrogen and oxygen atoms in total. The van der Waals surface area contributed by atoms with Crippen LogP contribution in [0.2, 0.25) is 0 Å². The number of amides is 2. The van der Waals surface area contributed by atoms with E-state index in [9.17, 15) is 9.59 Å². The number of carbonyl (C=O) groups excluding carboxylic acids is 2. The minimum Gasteiger partial charge on any atom is -0.434 e. The van der Waals surface area contributed by atoms with Gasteiger partial charge in [-0.3, -0.25) is 4.90 Å². The number of nitrogens with one attached hydrogen (secondary N) is 2.